The Morgan fingerprint density at radius 1 is 0.533 bits per heavy atom. The van der Waals surface area contributed by atoms with Crippen molar-refractivity contribution in [1.29, 1.82) is 0 Å². The fourth-order valence-electron chi connectivity index (χ4n) is 2.36. The predicted octanol–water partition coefficient (Wildman–Crippen LogP) is 8.91. The van der Waals surface area contributed by atoms with E-state index in [0.29, 0.717) is 0 Å². The van der Waals surface area contributed by atoms with Crippen molar-refractivity contribution >= 4 is 23.8 Å². The molecule has 0 nitrogen and oxygen atoms in total. The molecule has 0 atom stereocenters. The van der Waals surface area contributed by atoms with E-state index in [0.717, 1.165) is 0 Å². The summed E-state index contributed by atoms with van der Waals surface area (Å²) in [6.07, 6.45) is 5.20. The van der Waals surface area contributed by atoms with Crippen LogP contribution in [0.3, 0.4) is 0 Å². The molecule has 0 heterocycles. The summed E-state index contributed by atoms with van der Waals surface area (Å²) in [5.41, 5.74) is 0. The number of hydrogen-bond donors (Lipinski definition) is 0. The minimum Gasteiger partial charge on any atom is -0.320 e. The first-order chi connectivity index (χ1) is 13.5. The average molecular weight is 591 g/mol. The summed E-state index contributed by atoms with van der Waals surface area (Å²) in [6, 6.07) is 0. The summed E-state index contributed by atoms with van der Waals surface area (Å²) in [5.74, 6) is 0. The molecule has 0 rings (SSSR count). The van der Waals surface area contributed by atoms with Crippen LogP contribution in [-0.4, -0.2) is 61.6 Å². The van der Waals surface area contributed by atoms with Crippen LogP contribution < -0.4 is 0 Å². The van der Waals surface area contributed by atoms with Crippen LogP contribution >= 0.6 is 23.8 Å². The van der Waals surface area contributed by atoms with Gasteiger partial charge in [-0.2, -0.15) is 0 Å². The topological polar surface area (TPSA) is 0 Å². The monoisotopic (exact) mass is 591 g/mol. The molecule has 0 N–H and O–H groups in total. The first-order valence-electron chi connectivity index (χ1n) is 11.0. The Kier molecular flexibility index (Phi) is 42.0. The summed E-state index contributed by atoms with van der Waals surface area (Å²) >= 11 is 0. The van der Waals surface area contributed by atoms with Gasteiger partial charge in [-0.3, -0.25) is 0 Å². The number of alkyl halides is 3. The molecular formula is C21H48F5P3Rh+2. The second-order valence-electron chi connectivity index (χ2n) is 6.32. The molecule has 9 heteroatoms. The van der Waals surface area contributed by atoms with Gasteiger partial charge in [0.1, 0.15) is 0 Å². The summed E-state index contributed by atoms with van der Waals surface area (Å²) < 4.78 is 53.3. The Balaban J connectivity index is -0.0000000917. The zero-order valence-electron chi connectivity index (χ0n) is 20.6. The van der Waals surface area contributed by atoms with Crippen LogP contribution in [-0.2, 0) is 19.5 Å². The Labute approximate surface area is 201 Å². The quantitative estimate of drug-likeness (QED) is 0.109. The zero-order valence-corrected chi connectivity index (χ0v) is 25.2. The van der Waals surface area contributed by atoms with Gasteiger partial charge in [-0.05, 0) is 86.1 Å². The Morgan fingerprint density at radius 2 is 0.700 bits per heavy atom. The third-order valence-electron chi connectivity index (χ3n) is 4.74. The van der Waals surface area contributed by atoms with Crippen LogP contribution in [0.2, 0.25) is 0 Å². The molecule has 0 aliphatic carbocycles. The molecule has 0 aromatic heterocycles. The van der Waals surface area contributed by atoms with E-state index in [1.165, 1.54) is 55.5 Å². The average Bonchev–Trinajstić information content (AvgIpc) is 2.65. The fourth-order valence-corrected chi connectivity index (χ4v) is 6.86. The third-order valence-corrected chi connectivity index (χ3v) is 13.7. The van der Waals surface area contributed by atoms with E-state index in [-0.39, 0.29) is 49.3 Å². The van der Waals surface area contributed by atoms with Gasteiger partial charge in [0.05, 0.1) is 61.5 Å². The van der Waals surface area contributed by atoms with Crippen LogP contribution in [0.5, 0.6) is 0 Å². The maximum Gasteiger partial charge on any atom is 0.270 e. The van der Waals surface area contributed by atoms with Crippen LogP contribution in [0.4, 0.5) is 22.0 Å². The van der Waals surface area contributed by atoms with E-state index < -0.39 is 12.3 Å². The van der Waals surface area contributed by atoms with Gasteiger partial charge in [0.25, 0.3) is 6.18 Å². The van der Waals surface area contributed by atoms with Gasteiger partial charge >= 0.3 is 0 Å². The van der Waals surface area contributed by atoms with Gasteiger partial charge in [-0.25, -0.2) is 22.0 Å². The van der Waals surface area contributed by atoms with Crippen molar-refractivity contribution in [2.75, 3.05) is 55.5 Å². The zero-order chi connectivity index (χ0) is 23.9. The fraction of sp³-hybridized carbons (Fsp3) is 0.905. The Hall–Kier alpha value is 1.30. The largest absolute Gasteiger partial charge is 0.320 e. The van der Waals surface area contributed by atoms with Gasteiger partial charge in [0.15, 0.2) is 0 Å². The number of rotatable bonds is 9. The van der Waals surface area contributed by atoms with E-state index >= 15 is 0 Å². The van der Waals surface area contributed by atoms with Crippen molar-refractivity contribution in [2.24, 2.45) is 0 Å². The molecule has 0 aromatic carbocycles. The van der Waals surface area contributed by atoms with Crippen LogP contribution in [0.1, 0.15) is 62.3 Å². The van der Waals surface area contributed by atoms with Crippen LogP contribution in [0, 0.1) is 6.08 Å². The molecule has 0 bridgehead atoms. The van der Waals surface area contributed by atoms with Crippen LogP contribution in [0.25, 0.3) is 0 Å². The molecule has 0 aliphatic rings. The van der Waals surface area contributed by atoms with E-state index in [2.05, 4.69) is 62.3 Å². The Morgan fingerprint density at radius 3 is 0.700 bits per heavy atom. The van der Waals surface area contributed by atoms with Gasteiger partial charge in [-0.15, -0.1) is 0 Å². The second-order valence-corrected chi connectivity index (χ2v) is 17.2. The minimum atomic E-state index is -5.02. The number of allylic oxidation sites excluding steroid dienone is 1. The van der Waals surface area contributed by atoms with E-state index in [9.17, 15) is 22.0 Å². The molecule has 0 amide bonds. The summed E-state index contributed by atoms with van der Waals surface area (Å²) in [4.78, 5) is 0. The van der Waals surface area contributed by atoms with Crippen molar-refractivity contribution in [2.45, 2.75) is 68.5 Å². The van der Waals surface area contributed by atoms with Gasteiger partial charge in [0.2, 0.25) is 0 Å². The van der Waals surface area contributed by atoms with E-state index in [4.69, 9.17) is 0 Å². The Bertz CT molecular complexity index is 282. The van der Waals surface area contributed by atoms with Gasteiger partial charge in [0, 0.05) is 19.5 Å². The molecule has 0 saturated heterocycles. The molecule has 0 aromatic rings. The van der Waals surface area contributed by atoms with Crippen molar-refractivity contribution in [3.8, 4) is 0 Å². The normalized spacial score (nSPS) is 10.2. The molecule has 30 heavy (non-hydrogen) atoms. The number of hydrogen-bond acceptors (Lipinski definition) is 0. The third kappa shape index (κ3) is 39.7. The van der Waals surface area contributed by atoms with E-state index in [1.54, 1.807) is 0 Å². The molecule has 0 aliphatic heterocycles. The van der Waals surface area contributed by atoms with Crippen molar-refractivity contribution < 1.29 is 41.4 Å². The summed E-state index contributed by atoms with van der Waals surface area (Å²) in [5, 5.41) is 0. The van der Waals surface area contributed by atoms with Crippen molar-refractivity contribution in [1.82, 2.24) is 0 Å². The molecular weight excluding hydrogens is 543 g/mol. The SMILES string of the molecule is CC[PH+](CC)CC.CC[PH+](CC)CC.CC[PH+](CC)CC.FC(F)=[C-]C(F)(F)F.[Rh]. The predicted molar refractivity (Wildman–Crippen MR) is 135 cm³/mol. The summed E-state index contributed by atoms with van der Waals surface area (Å²) in [7, 11) is 0.412. The van der Waals surface area contributed by atoms with Gasteiger partial charge in [-0.1, -0.05) is 0 Å². The minimum absolute atomic E-state index is 0. The van der Waals surface area contributed by atoms with Crippen molar-refractivity contribution in [3.05, 3.63) is 12.2 Å². The van der Waals surface area contributed by atoms with E-state index in [1.807, 2.05) is 0 Å². The first-order valence-corrected chi connectivity index (χ1v) is 17.4. The van der Waals surface area contributed by atoms with Crippen LogP contribution in [0.15, 0.2) is 6.08 Å². The second kappa shape index (κ2) is 30.3. The maximum absolute atomic E-state index is 10.7. The molecule has 189 valence electrons. The molecule has 0 spiro atoms. The smallest absolute Gasteiger partial charge is 0.270 e. The van der Waals surface area contributed by atoms with Crippen molar-refractivity contribution in [3.63, 3.8) is 0 Å². The first kappa shape index (κ1) is 41.5. The van der Waals surface area contributed by atoms with Gasteiger partial charge < -0.3 is 6.08 Å². The summed E-state index contributed by atoms with van der Waals surface area (Å²) in [6.45, 7) is 20.8. The standard InChI is InChI=1S/3C6H15P.C3F5.Rh/c3*1-4-7(5-2)6-3;4-2(5)1-3(6,7)8;/h3*4-6H2,1-3H3;;/q;;;-1;/p+3. The molecule has 1 radical (unpaired) electrons. The maximum atomic E-state index is 10.7. The number of halogens is 5. The molecule has 0 saturated carbocycles. The molecule has 0 unspecified atom stereocenters. The molecule has 0 fully saturated rings.